The van der Waals surface area contributed by atoms with Gasteiger partial charge in [-0.05, 0) is 49.4 Å². The van der Waals surface area contributed by atoms with Crippen molar-refractivity contribution in [1.82, 2.24) is 9.62 Å². The lowest BCUT2D eigenvalue weighted by molar-refractivity contribution is 0.0376. The van der Waals surface area contributed by atoms with E-state index in [2.05, 4.69) is 14.9 Å². The van der Waals surface area contributed by atoms with Crippen LogP contribution in [0.3, 0.4) is 0 Å². The van der Waals surface area contributed by atoms with Gasteiger partial charge in [-0.25, -0.2) is 13.1 Å². The highest BCUT2D eigenvalue weighted by atomic mass is 35.5. The summed E-state index contributed by atoms with van der Waals surface area (Å²) in [4.78, 5) is 14.8. The Morgan fingerprint density at radius 2 is 1.97 bits per heavy atom. The van der Waals surface area contributed by atoms with Crippen molar-refractivity contribution in [3.8, 4) is 5.75 Å². The van der Waals surface area contributed by atoms with Gasteiger partial charge in [0, 0.05) is 30.2 Å². The number of nitrogens with zero attached hydrogens (tertiary/aromatic N) is 1. The van der Waals surface area contributed by atoms with Crippen molar-refractivity contribution in [1.29, 1.82) is 0 Å². The van der Waals surface area contributed by atoms with E-state index in [-0.39, 0.29) is 10.6 Å². The van der Waals surface area contributed by atoms with Gasteiger partial charge in [0.15, 0.2) is 0 Å². The number of hydrogen-bond donors (Lipinski definition) is 2. The molecule has 3 rings (SSSR count). The van der Waals surface area contributed by atoms with E-state index in [1.807, 2.05) is 0 Å². The summed E-state index contributed by atoms with van der Waals surface area (Å²) in [5, 5.41) is 3.12. The Hall–Kier alpha value is -2.17. The quantitative estimate of drug-likeness (QED) is 0.550. The van der Waals surface area contributed by atoms with Gasteiger partial charge in [0.2, 0.25) is 10.0 Å². The van der Waals surface area contributed by atoms with Crippen LogP contribution in [0.5, 0.6) is 5.75 Å². The van der Waals surface area contributed by atoms with E-state index in [4.69, 9.17) is 21.1 Å². The van der Waals surface area contributed by atoms with Crippen LogP contribution in [0.1, 0.15) is 16.8 Å². The topological polar surface area (TPSA) is 97.0 Å². The number of sulfonamides is 1. The molecule has 2 N–H and O–H groups in total. The van der Waals surface area contributed by atoms with Crippen LogP contribution in [0.4, 0.5) is 5.69 Å². The second kappa shape index (κ2) is 10.9. The Labute approximate surface area is 187 Å². The zero-order chi connectivity index (χ0) is 22.3. The molecule has 0 saturated carbocycles. The SMILES string of the molecule is COc1ccc(S(=O)(=O)NCCCN2CCOCC2)cc1NC(=O)c1cccc(Cl)c1. The molecule has 168 valence electrons. The predicted octanol–water partition coefficient (Wildman–Crippen LogP) is 2.60. The number of hydrogen-bond acceptors (Lipinski definition) is 6. The van der Waals surface area contributed by atoms with Gasteiger partial charge in [-0.15, -0.1) is 0 Å². The number of halogens is 1. The second-order valence-electron chi connectivity index (χ2n) is 7.03. The van der Waals surface area contributed by atoms with Crippen LogP contribution in [0.15, 0.2) is 47.4 Å². The first-order valence-electron chi connectivity index (χ1n) is 9.94. The molecule has 1 amide bonds. The van der Waals surface area contributed by atoms with Gasteiger partial charge < -0.3 is 14.8 Å². The molecule has 0 radical (unpaired) electrons. The zero-order valence-corrected chi connectivity index (χ0v) is 18.8. The fourth-order valence-corrected chi connectivity index (χ4v) is 4.48. The largest absolute Gasteiger partial charge is 0.495 e. The lowest BCUT2D eigenvalue weighted by Crippen LogP contribution is -2.38. The minimum Gasteiger partial charge on any atom is -0.495 e. The number of carbonyl (C=O) groups is 1. The van der Waals surface area contributed by atoms with Crippen LogP contribution in [0.2, 0.25) is 5.02 Å². The molecule has 1 aliphatic rings. The van der Waals surface area contributed by atoms with Crippen molar-refractivity contribution >= 4 is 33.2 Å². The number of ether oxygens (including phenoxy) is 2. The lowest BCUT2D eigenvalue weighted by atomic mass is 10.2. The van der Waals surface area contributed by atoms with E-state index >= 15 is 0 Å². The molecular formula is C21H26ClN3O5S. The van der Waals surface area contributed by atoms with Crippen molar-refractivity contribution in [3.05, 3.63) is 53.1 Å². The summed E-state index contributed by atoms with van der Waals surface area (Å²) in [6.45, 7) is 4.26. The fourth-order valence-electron chi connectivity index (χ4n) is 3.19. The molecule has 1 heterocycles. The molecule has 2 aromatic carbocycles. The van der Waals surface area contributed by atoms with E-state index in [0.29, 0.717) is 42.5 Å². The van der Waals surface area contributed by atoms with Gasteiger partial charge in [-0.3, -0.25) is 9.69 Å². The average Bonchev–Trinajstić information content (AvgIpc) is 2.77. The molecule has 0 atom stereocenters. The first-order chi connectivity index (χ1) is 14.9. The van der Waals surface area contributed by atoms with Gasteiger partial charge in [-0.2, -0.15) is 0 Å². The van der Waals surface area contributed by atoms with Crippen LogP contribution >= 0.6 is 11.6 Å². The summed E-state index contributed by atoms with van der Waals surface area (Å²) < 4.78 is 38.6. The van der Waals surface area contributed by atoms with Crippen LogP contribution < -0.4 is 14.8 Å². The summed E-state index contributed by atoms with van der Waals surface area (Å²) in [5.74, 6) is -0.0736. The van der Waals surface area contributed by atoms with Gasteiger partial charge in [-0.1, -0.05) is 17.7 Å². The van der Waals surface area contributed by atoms with Gasteiger partial charge >= 0.3 is 0 Å². The number of morpholine rings is 1. The molecule has 8 nitrogen and oxygen atoms in total. The van der Waals surface area contributed by atoms with Crippen LogP contribution in [-0.4, -0.2) is 65.7 Å². The standard InChI is InChI=1S/C21H26ClN3O5S/c1-29-20-7-6-18(15-19(20)24-21(26)16-4-2-5-17(22)14-16)31(27,28)23-8-3-9-25-10-12-30-13-11-25/h2,4-7,14-15,23H,3,8-13H2,1H3,(H,24,26). The minimum atomic E-state index is -3.74. The third kappa shape index (κ3) is 6.65. The molecule has 31 heavy (non-hydrogen) atoms. The molecule has 0 bridgehead atoms. The minimum absolute atomic E-state index is 0.0427. The Morgan fingerprint density at radius 1 is 1.19 bits per heavy atom. The average molecular weight is 468 g/mol. The van der Waals surface area contributed by atoms with E-state index in [0.717, 1.165) is 19.6 Å². The number of benzene rings is 2. The molecule has 0 spiro atoms. The molecule has 1 saturated heterocycles. The predicted molar refractivity (Wildman–Crippen MR) is 119 cm³/mol. The maximum atomic E-state index is 12.7. The molecular weight excluding hydrogens is 442 g/mol. The van der Waals surface area contributed by atoms with Gasteiger partial charge in [0.25, 0.3) is 5.91 Å². The van der Waals surface area contributed by atoms with E-state index in [1.54, 1.807) is 18.2 Å². The number of carbonyl (C=O) groups excluding carboxylic acids is 1. The lowest BCUT2D eigenvalue weighted by Gasteiger charge is -2.26. The van der Waals surface area contributed by atoms with E-state index in [9.17, 15) is 13.2 Å². The maximum Gasteiger partial charge on any atom is 0.255 e. The van der Waals surface area contributed by atoms with E-state index < -0.39 is 15.9 Å². The molecule has 0 unspecified atom stereocenters. The van der Waals surface area contributed by atoms with Crippen molar-refractivity contribution < 1.29 is 22.7 Å². The van der Waals surface area contributed by atoms with Crippen molar-refractivity contribution in [2.45, 2.75) is 11.3 Å². The monoisotopic (exact) mass is 467 g/mol. The van der Waals surface area contributed by atoms with Crippen LogP contribution in [-0.2, 0) is 14.8 Å². The van der Waals surface area contributed by atoms with Crippen LogP contribution in [0.25, 0.3) is 0 Å². The smallest absolute Gasteiger partial charge is 0.255 e. The summed E-state index contributed by atoms with van der Waals surface area (Å²) >= 11 is 5.94. The third-order valence-electron chi connectivity index (χ3n) is 4.86. The molecule has 1 aliphatic heterocycles. The number of rotatable bonds is 9. The number of nitrogens with one attached hydrogen (secondary N) is 2. The highest BCUT2D eigenvalue weighted by molar-refractivity contribution is 7.89. The number of amides is 1. The summed E-state index contributed by atoms with van der Waals surface area (Å²) in [6, 6.07) is 10.8. The fraction of sp³-hybridized carbons (Fsp3) is 0.381. The summed E-state index contributed by atoms with van der Waals surface area (Å²) in [6.07, 6.45) is 0.688. The zero-order valence-electron chi connectivity index (χ0n) is 17.3. The molecule has 0 aliphatic carbocycles. The third-order valence-corrected chi connectivity index (χ3v) is 6.56. The Kier molecular flexibility index (Phi) is 8.28. The van der Waals surface area contributed by atoms with Gasteiger partial charge in [0.1, 0.15) is 5.75 Å². The first-order valence-corrected chi connectivity index (χ1v) is 11.8. The molecule has 2 aromatic rings. The number of methoxy groups -OCH3 is 1. The van der Waals surface area contributed by atoms with Gasteiger partial charge in [0.05, 0.1) is 30.9 Å². The Morgan fingerprint density at radius 3 is 2.68 bits per heavy atom. The van der Waals surface area contributed by atoms with Crippen molar-refractivity contribution in [3.63, 3.8) is 0 Å². The highest BCUT2D eigenvalue weighted by Gasteiger charge is 2.18. The maximum absolute atomic E-state index is 12.7. The summed E-state index contributed by atoms with van der Waals surface area (Å²) in [5.41, 5.74) is 0.604. The Bertz CT molecular complexity index is 1010. The highest BCUT2D eigenvalue weighted by Crippen LogP contribution is 2.28. The van der Waals surface area contributed by atoms with Crippen LogP contribution in [0, 0.1) is 0 Å². The number of anilines is 1. The molecule has 10 heteroatoms. The summed E-state index contributed by atoms with van der Waals surface area (Å²) in [7, 11) is -2.29. The van der Waals surface area contributed by atoms with Crippen molar-refractivity contribution in [2.24, 2.45) is 0 Å². The van der Waals surface area contributed by atoms with Crippen molar-refractivity contribution in [2.75, 3.05) is 51.8 Å². The molecule has 0 aromatic heterocycles. The normalized spacial score (nSPS) is 14.9. The Balaban J connectivity index is 1.65. The first kappa shape index (κ1) is 23.5. The van der Waals surface area contributed by atoms with E-state index in [1.165, 1.54) is 31.4 Å². The second-order valence-corrected chi connectivity index (χ2v) is 9.24. The molecule has 1 fully saturated rings.